The van der Waals surface area contributed by atoms with Crippen LogP contribution in [0, 0.1) is 12.3 Å². The number of nitrogens with two attached hydrogens (primary N) is 1. The van der Waals surface area contributed by atoms with Gasteiger partial charge in [0, 0.05) is 7.05 Å². The minimum atomic E-state index is -1.21. The van der Waals surface area contributed by atoms with Gasteiger partial charge in [-0.3, -0.25) is 19.2 Å². The number of likely N-dealkylation sites (N-methyl/N-ethyl adjacent to an activating group) is 1. The maximum absolute atomic E-state index is 13.3. The number of rotatable bonds is 8. The highest BCUT2D eigenvalue weighted by atomic mass is 16.5. The van der Waals surface area contributed by atoms with Gasteiger partial charge in [0.1, 0.15) is 24.5 Å². The summed E-state index contributed by atoms with van der Waals surface area (Å²) in [6.07, 6.45) is 1.31. The topological polar surface area (TPSA) is 132 Å². The van der Waals surface area contributed by atoms with Crippen molar-refractivity contribution in [3.05, 3.63) is 23.7 Å². The largest absolute Gasteiger partial charge is 0.469 e. The summed E-state index contributed by atoms with van der Waals surface area (Å²) >= 11 is 0. The minimum absolute atomic E-state index is 0.251. The summed E-state index contributed by atoms with van der Waals surface area (Å²) in [5.41, 5.74) is 5.39. The van der Waals surface area contributed by atoms with Gasteiger partial charge >= 0.3 is 0 Å². The molecule has 160 valence electrons. The number of carbonyl (C=O) groups is 4. The summed E-state index contributed by atoms with van der Waals surface area (Å²) < 4.78 is 10.3. The molecule has 9 nitrogen and oxygen atoms in total. The number of Topliss-reactive ketones (excluding diaryl/α,β-unsaturated/α-hetero) is 1. The smallest absolute Gasteiger partial charge is 0.255 e. The number of nitrogens with zero attached hydrogens (tertiary/aromatic N) is 1. The molecule has 0 radical (unpaired) electrons. The number of furan rings is 1. The van der Waals surface area contributed by atoms with Crippen molar-refractivity contribution in [3.63, 3.8) is 0 Å². The van der Waals surface area contributed by atoms with Gasteiger partial charge in [0.2, 0.25) is 11.8 Å². The molecule has 3 N–H and O–H groups in total. The number of hydrogen-bond acceptors (Lipinski definition) is 6. The Balaban J connectivity index is 2.28. The number of nitrogens with one attached hydrogen (secondary N) is 1. The molecule has 2 rings (SSSR count). The Morgan fingerprint density at radius 1 is 1.38 bits per heavy atom. The van der Waals surface area contributed by atoms with E-state index in [1.807, 2.05) is 20.8 Å². The molecule has 0 bridgehead atoms. The summed E-state index contributed by atoms with van der Waals surface area (Å²) in [6, 6.07) is -0.489. The summed E-state index contributed by atoms with van der Waals surface area (Å²) in [7, 11) is 1.41. The third kappa shape index (κ3) is 5.03. The average Bonchev–Trinajstić information content (AvgIpc) is 3.25. The van der Waals surface area contributed by atoms with Crippen LogP contribution in [0.3, 0.4) is 0 Å². The fraction of sp³-hybridized carbons (Fsp3) is 0.600. The lowest BCUT2D eigenvalue weighted by atomic mass is 9.82. The molecule has 1 fully saturated rings. The number of aryl methyl sites for hydroxylation is 1. The van der Waals surface area contributed by atoms with E-state index < -0.39 is 41.7 Å². The van der Waals surface area contributed by atoms with Crippen LogP contribution < -0.4 is 11.1 Å². The molecule has 1 aromatic heterocycles. The van der Waals surface area contributed by atoms with Crippen molar-refractivity contribution >= 4 is 23.5 Å². The molecular weight excluding hydrogens is 378 g/mol. The first-order valence-corrected chi connectivity index (χ1v) is 9.53. The van der Waals surface area contributed by atoms with Gasteiger partial charge in [-0.05, 0) is 24.8 Å². The highest BCUT2D eigenvalue weighted by Crippen LogP contribution is 2.28. The van der Waals surface area contributed by atoms with Crippen molar-refractivity contribution < 1.29 is 28.3 Å². The molecule has 1 aliphatic rings. The van der Waals surface area contributed by atoms with Gasteiger partial charge in [0.25, 0.3) is 5.91 Å². The molecule has 1 saturated heterocycles. The van der Waals surface area contributed by atoms with Crippen LogP contribution in [-0.4, -0.2) is 60.2 Å². The predicted octanol–water partition coefficient (Wildman–Crippen LogP) is 0.793. The Kier molecular flexibility index (Phi) is 6.84. The van der Waals surface area contributed by atoms with Gasteiger partial charge < -0.3 is 25.1 Å². The molecule has 0 aromatic carbocycles. The van der Waals surface area contributed by atoms with Gasteiger partial charge in [0.05, 0.1) is 11.8 Å². The van der Waals surface area contributed by atoms with Gasteiger partial charge in [-0.2, -0.15) is 0 Å². The molecule has 2 heterocycles. The lowest BCUT2D eigenvalue weighted by molar-refractivity contribution is -0.141. The summed E-state index contributed by atoms with van der Waals surface area (Å²) in [5, 5.41) is 2.76. The van der Waals surface area contributed by atoms with E-state index >= 15 is 0 Å². The molecule has 0 saturated carbocycles. The van der Waals surface area contributed by atoms with E-state index in [4.69, 9.17) is 14.9 Å². The maximum Gasteiger partial charge on any atom is 0.255 e. The number of amides is 3. The van der Waals surface area contributed by atoms with Gasteiger partial charge in [-0.25, -0.2) is 0 Å². The first-order valence-electron chi connectivity index (χ1n) is 9.53. The molecule has 1 aromatic rings. The molecule has 2 unspecified atom stereocenters. The highest BCUT2D eigenvalue weighted by Gasteiger charge is 2.45. The Labute approximate surface area is 169 Å². The lowest BCUT2D eigenvalue weighted by Gasteiger charge is -2.33. The van der Waals surface area contributed by atoms with Crippen molar-refractivity contribution in [2.45, 2.75) is 58.7 Å². The van der Waals surface area contributed by atoms with E-state index in [-0.39, 0.29) is 12.0 Å². The van der Waals surface area contributed by atoms with Crippen molar-refractivity contribution in [1.29, 1.82) is 0 Å². The zero-order chi connectivity index (χ0) is 21.9. The van der Waals surface area contributed by atoms with E-state index in [1.165, 1.54) is 19.4 Å². The van der Waals surface area contributed by atoms with Gasteiger partial charge in [-0.15, -0.1) is 0 Å². The van der Waals surface area contributed by atoms with Crippen molar-refractivity contribution in [2.75, 3.05) is 13.7 Å². The first kappa shape index (κ1) is 22.6. The number of hydrogen-bond donors (Lipinski definition) is 2. The van der Waals surface area contributed by atoms with Crippen LogP contribution >= 0.6 is 0 Å². The van der Waals surface area contributed by atoms with Crippen molar-refractivity contribution in [3.8, 4) is 0 Å². The molecule has 1 aliphatic heterocycles. The summed E-state index contributed by atoms with van der Waals surface area (Å²) in [4.78, 5) is 51.0. The normalized spacial score (nSPS) is 20.4. The third-order valence-corrected chi connectivity index (χ3v) is 5.49. The predicted molar refractivity (Wildman–Crippen MR) is 104 cm³/mol. The van der Waals surface area contributed by atoms with E-state index in [0.29, 0.717) is 17.7 Å². The number of ketones is 1. The van der Waals surface area contributed by atoms with Crippen LogP contribution in [0.25, 0.3) is 0 Å². The van der Waals surface area contributed by atoms with Gasteiger partial charge in [0.15, 0.2) is 11.9 Å². The zero-order valence-electron chi connectivity index (χ0n) is 17.5. The summed E-state index contributed by atoms with van der Waals surface area (Å²) in [6.45, 7) is 7.32. The number of primary amides is 1. The third-order valence-electron chi connectivity index (χ3n) is 5.49. The summed E-state index contributed by atoms with van der Waals surface area (Å²) in [5.74, 6) is -1.73. The Morgan fingerprint density at radius 3 is 2.55 bits per heavy atom. The van der Waals surface area contributed by atoms with Gasteiger partial charge in [-0.1, -0.05) is 27.2 Å². The molecule has 0 aliphatic carbocycles. The molecule has 3 atom stereocenters. The maximum atomic E-state index is 13.3. The standard InChI is InChI=1S/C20H29N3O6/c1-6-20(3,4)9-13(22-18(26)12-7-8-28-11(12)2)19(27)23(5)15-14(24)10-29-16(15)17(21)25/h7-8,13,15-16H,6,9-10H2,1-5H3,(H2,21,25)(H,22,26)/t13-,15?,16?/m0/s1. The fourth-order valence-corrected chi connectivity index (χ4v) is 3.31. The van der Waals surface area contributed by atoms with Crippen molar-refractivity contribution in [2.24, 2.45) is 11.1 Å². The van der Waals surface area contributed by atoms with E-state index in [1.54, 1.807) is 6.92 Å². The van der Waals surface area contributed by atoms with Crippen molar-refractivity contribution in [1.82, 2.24) is 10.2 Å². The zero-order valence-corrected chi connectivity index (χ0v) is 17.5. The Morgan fingerprint density at radius 2 is 2.03 bits per heavy atom. The number of ether oxygens (including phenoxy) is 1. The second-order valence-corrected chi connectivity index (χ2v) is 8.13. The average molecular weight is 407 g/mol. The second kappa shape index (κ2) is 8.77. The quantitative estimate of drug-likeness (QED) is 0.655. The Hall–Kier alpha value is -2.68. The fourth-order valence-electron chi connectivity index (χ4n) is 3.31. The van der Waals surface area contributed by atoms with Crippen LogP contribution in [0.1, 0.15) is 49.7 Å². The van der Waals surface area contributed by atoms with Crippen LogP contribution in [0.15, 0.2) is 16.7 Å². The first-order chi connectivity index (χ1) is 13.5. The molecule has 29 heavy (non-hydrogen) atoms. The van der Waals surface area contributed by atoms with Crippen LogP contribution in [0.5, 0.6) is 0 Å². The monoisotopic (exact) mass is 407 g/mol. The van der Waals surface area contributed by atoms with E-state index in [0.717, 1.165) is 11.3 Å². The highest BCUT2D eigenvalue weighted by molar-refractivity contribution is 6.01. The lowest BCUT2D eigenvalue weighted by Crippen LogP contribution is -2.56. The Bertz CT molecular complexity index is 800. The number of carbonyl (C=O) groups excluding carboxylic acids is 4. The van der Waals surface area contributed by atoms with Crippen LogP contribution in [0.4, 0.5) is 0 Å². The van der Waals surface area contributed by atoms with Crippen LogP contribution in [0.2, 0.25) is 0 Å². The SMILES string of the molecule is CCC(C)(C)C[C@H](NC(=O)c1ccoc1C)C(=O)N(C)C1C(=O)COC1C(N)=O. The minimum Gasteiger partial charge on any atom is -0.469 e. The van der Waals surface area contributed by atoms with E-state index in [2.05, 4.69) is 5.32 Å². The molecule has 3 amide bonds. The van der Waals surface area contributed by atoms with E-state index in [9.17, 15) is 19.2 Å². The molecular formula is C20H29N3O6. The molecule has 9 heteroatoms. The molecule has 0 spiro atoms. The second-order valence-electron chi connectivity index (χ2n) is 8.13. The van der Waals surface area contributed by atoms with Crippen LogP contribution in [-0.2, 0) is 19.1 Å².